The average molecular weight is 227 g/mol. The maximum absolute atomic E-state index is 11.2. The molecule has 0 aliphatic rings. The van der Waals surface area contributed by atoms with E-state index in [0.717, 1.165) is 5.56 Å². The van der Waals surface area contributed by atoms with E-state index in [1.165, 1.54) is 6.07 Å². The van der Waals surface area contributed by atoms with E-state index in [1.807, 2.05) is 6.07 Å². The second kappa shape index (κ2) is 3.44. The van der Waals surface area contributed by atoms with Crippen LogP contribution >= 0.6 is 0 Å². The fourth-order valence-corrected chi connectivity index (χ4v) is 1.67. The van der Waals surface area contributed by atoms with Gasteiger partial charge in [0, 0.05) is 30.1 Å². The Kier molecular flexibility index (Phi) is 1.94. The Bertz CT molecular complexity index is 743. The number of H-pyrrole nitrogens is 1. The molecule has 3 heterocycles. The molecule has 0 atom stereocenters. The first-order chi connectivity index (χ1) is 8.24. The molecule has 6 nitrogen and oxygen atoms in total. The molecule has 3 N–H and O–H groups in total. The minimum absolute atomic E-state index is 0.164. The minimum Gasteiger partial charge on any atom is -0.383 e. The van der Waals surface area contributed by atoms with Gasteiger partial charge in [0.15, 0.2) is 0 Å². The van der Waals surface area contributed by atoms with Crippen LogP contribution in [0.15, 0.2) is 41.5 Å². The lowest BCUT2D eigenvalue weighted by Crippen LogP contribution is -2.05. The smallest absolute Gasteiger partial charge is 0.251 e. The number of aromatic nitrogens is 4. The maximum atomic E-state index is 11.2. The first-order valence-electron chi connectivity index (χ1n) is 5.03. The highest BCUT2D eigenvalue weighted by molar-refractivity contribution is 5.72. The fourth-order valence-electron chi connectivity index (χ4n) is 1.67. The van der Waals surface area contributed by atoms with Crippen LogP contribution in [-0.4, -0.2) is 19.6 Å². The summed E-state index contributed by atoms with van der Waals surface area (Å²) in [5.41, 5.74) is 7.65. The summed E-state index contributed by atoms with van der Waals surface area (Å²) in [6, 6.07) is 6.80. The van der Waals surface area contributed by atoms with Gasteiger partial charge in [-0.15, -0.1) is 0 Å². The molecule has 3 aromatic heterocycles. The molecule has 0 amide bonds. The zero-order valence-corrected chi connectivity index (χ0v) is 8.79. The summed E-state index contributed by atoms with van der Waals surface area (Å²) in [6.07, 6.45) is 3.22. The van der Waals surface area contributed by atoms with E-state index < -0.39 is 0 Å². The van der Waals surface area contributed by atoms with E-state index >= 15 is 0 Å². The Balaban J connectivity index is 2.25. The largest absolute Gasteiger partial charge is 0.383 e. The Morgan fingerprint density at radius 3 is 3.06 bits per heavy atom. The first kappa shape index (κ1) is 9.59. The predicted octanol–water partition coefficient (Wildman–Crippen LogP) is 0.667. The molecule has 3 rings (SSSR count). The lowest BCUT2D eigenvalue weighted by atomic mass is 10.2. The number of nitrogens with two attached hydrogens (primary N) is 1. The molecular weight excluding hydrogens is 218 g/mol. The lowest BCUT2D eigenvalue weighted by Gasteiger charge is -1.98. The van der Waals surface area contributed by atoms with Crippen molar-refractivity contribution in [3.05, 3.63) is 47.0 Å². The van der Waals surface area contributed by atoms with Crippen LogP contribution in [0.4, 0.5) is 5.82 Å². The normalized spacial score (nSPS) is 10.8. The summed E-state index contributed by atoms with van der Waals surface area (Å²) in [7, 11) is 0. The number of anilines is 1. The van der Waals surface area contributed by atoms with Gasteiger partial charge in [-0.2, -0.15) is 5.10 Å². The van der Waals surface area contributed by atoms with Gasteiger partial charge in [0.2, 0.25) is 0 Å². The van der Waals surface area contributed by atoms with E-state index in [0.29, 0.717) is 17.2 Å². The number of nitrogen functional groups attached to an aromatic ring is 1. The van der Waals surface area contributed by atoms with Gasteiger partial charge >= 0.3 is 0 Å². The van der Waals surface area contributed by atoms with E-state index in [9.17, 15) is 4.79 Å². The van der Waals surface area contributed by atoms with Crippen LogP contribution in [0.2, 0.25) is 0 Å². The number of aromatic amines is 1. The predicted molar refractivity (Wildman–Crippen MR) is 63.5 cm³/mol. The van der Waals surface area contributed by atoms with Crippen molar-refractivity contribution in [3.8, 4) is 11.3 Å². The Morgan fingerprint density at radius 1 is 1.35 bits per heavy atom. The van der Waals surface area contributed by atoms with E-state index in [1.54, 1.807) is 29.0 Å². The third-order valence-electron chi connectivity index (χ3n) is 2.47. The molecule has 6 heteroatoms. The van der Waals surface area contributed by atoms with Crippen molar-refractivity contribution in [2.45, 2.75) is 0 Å². The third-order valence-corrected chi connectivity index (χ3v) is 2.47. The number of fused-ring (bicyclic) bond motifs is 1. The monoisotopic (exact) mass is 227 g/mol. The summed E-state index contributed by atoms with van der Waals surface area (Å²) in [5.74, 6) is 0.415. The van der Waals surface area contributed by atoms with Gasteiger partial charge in [-0.3, -0.25) is 4.79 Å². The van der Waals surface area contributed by atoms with Gasteiger partial charge in [0.05, 0.1) is 5.69 Å². The summed E-state index contributed by atoms with van der Waals surface area (Å²) >= 11 is 0. The molecule has 0 unspecified atom stereocenters. The number of nitrogens with one attached hydrogen (secondary N) is 1. The van der Waals surface area contributed by atoms with Crippen molar-refractivity contribution in [1.82, 2.24) is 19.6 Å². The summed E-state index contributed by atoms with van der Waals surface area (Å²) in [5, 5.41) is 4.31. The van der Waals surface area contributed by atoms with Gasteiger partial charge < -0.3 is 10.7 Å². The minimum atomic E-state index is -0.164. The van der Waals surface area contributed by atoms with Crippen LogP contribution in [0.1, 0.15) is 0 Å². The van der Waals surface area contributed by atoms with Crippen LogP contribution < -0.4 is 11.3 Å². The van der Waals surface area contributed by atoms with Crippen molar-refractivity contribution in [3.63, 3.8) is 0 Å². The Morgan fingerprint density at radius 2 is 2.24 bits per heavy atom. The highest BCUT2D eigenvalue weighted by atomic mass is 16.1. The fraction of sp³-hybridized carbons (Fsp3) is 0. The molecule has 17 heavy (non-hydrogen) atoms. The molecule has 84 valence electrons. The average Bonchev–Trinajstić information content (AvgIpc) is 2.72. The van der Waals surface area contributed by atoms with Crippen LogP contribution in [0.3, 0.4) is 0 Å². The number of rotatable bonds is 1. The van der Waals surface area contributed by atoms with Crippen molar-refractivity contribution in [2.24, 2.45) is 0 Å². The second-order valence-electron chi connectivity index (χ2n) is 3.60. The lowest BCUT2D eigenvalue weighted by molar-refractivity contribution is 0.934. The molecular formula is C11H9N5O. The van der Waals surface area contributed by atoms with E-state index in [-0.39, 0.29) is 5.56 Å². The van der Waals surface area contributed by atoms with E-state index in [4.69, 9.17) is 5.73 Å². The van der Waals surface area contributed by atoms with Crippen LogP contribution in [0.25, 0.3) is 16.9 Å². The van der Waals surface area contributed by atoms with Gasteiger partial charge in [-0.25, -0.2) is 9.50 Å². The highest BCUT2D eigenvalue weighted by Gasteiger charge is 2.08. The zero-order valence-electron chi connectivity index (χ0n) is 8.79. The van der Waals surface area contributed by atoms with Gasteiger partial charge in [-0.1, -0.05) is 0 Å². The van der Waals surface area contributed by atoms with Crippen LogP contribution in [0, 0.1) is 0 Å². The van der Waals surface area contributed by atoms with Gasteiger partial charge in [0.1, 0.15) is 11.5 Å². The van der Waals surface area contributed by atoms with Crippen LogP contribution in [0.5, 0.6) is 0 Å². The van der Waals surface area contributed by atoms with Gasteiger partial charge in [-0.05, 0) is 12.1 Å². The standard InChI is InChI=1S/C11H9N5O/c12-11-7(2-1-4-13-11)8-6-9-14-10(17)3-5-16(9)15-8/h1-6H,(H2,12,13)(H,14,17). The second-order valence-corrected chi connectivity index (χ2v) is 3.60. The Hall–Kier alpha value is -2.63. The van der Waals surface area contributed by atoms with Gasteiger partial charge in [0.25, 0.3) is 5.56 Å². The Labute approximate surface area is 95.7 Å². The molecule has 3 aromatic rings. The molecule has 0 aliphatic carbocycles. The van der Waals surface area contributed by atoms with Crippen LogP contribution in [-0.2, 0) is 0 Å². The number of nitrogens with zero attached hydrogens (tertiary/aromatic N) is 3. The number of hydrogen-bond acceptors (Lipinski definition) is 4. The van der Waals surface area contributed by atoms with Crippen molar-refractivity contribution < 1.29 is 0 Å². The SMILES string of the molecule is Nc1ncccc1-c1cc2[nH]c(=O)ccn2n1. The van der Waals surface area contributed by atoms with Crippen molar-refractivity contribution in [2.75, 3.05) is 5.73 Å². The highest BCUT2D eigenvalue weighted by Crippen LogP contribution is 2.22. The number of hydrogen-bond donors (Lipinski definition) is 2. The third kappa shape index (κ3) is 1.55. The molecule has 0 aliphatic heterocycles. The zero-order chi connectivity index (χ0) is 11.8. The molecule has 0 bridgehead atoms. The molecule has 0 radical (unpaired) electrons. The number of pyridine rings is 1. The molecule has 0 fully saturated rings. The first-order valence-corrected chi connectivity index (χ1v) is 5.03. The van der Waals surface area contributed by atoms with Crippen molar-refractivity contribution >= 4 is 11.5 Å². The molecule has 0 aromatic carbocycles. The molecule has 0 spiro atoms. The summed E-state index contributed by atoms with van der Waals surface area (Å²) in [6.45, 7) is 0. The summed E-state index contributed by atoms with van der Waals surface area (Å²) in [4.78, 5) is 17.8. The molecule has 0 saturated carbocycles. The molecule has 0 saturated heterocycles. The maximum Gasteiger partial charge on any atom is 0.251 e. The topological polar surface area (TPSA) is 89.1 Å². The quantitative estimate of drug-likeness (QED) is 0.639. The summed E-state index contributed by atoms with van der Waals surface area (Å²) < 4.78 is 1.59. The van der Waals surface area contributed by atoms with Crippen molar-refractivity contribution in [1.29, 1.82) is 0 Å². The van der Waals surface area contributed by atoms with E-state index in [2.05, 4.69) is 15.1 Å².